The Morgan fingerprint density at radius 1 is 1.20 bits per heavy atom. The van der Waals surface area contributed by atoms with Gasteiger partial charge in [0.25, 0.3) is 11.5 Å². The average Bonchev–Trinajstić information content (AvgIpc) is 3.12. The third-order valence-corrected chi connectivity index (χ3v) is 4.67. The number of nitrogens with zero attached hydrogens (tertiary/aromatic N) is 3. The number of likely N-dealkylation sites (tertiary alicyclic amines) is 1. The molecule has 0 saturated carbocycles. The molecular weight excluding hydrogens is 316 g/mol. The number of carbonyl (C=O) groups is 1. The molecule has 1 amide bonds. The topological polar surface area (TPSA) is 67.2 Å². The number of hydrogen-bond acceptors (Lipinski definition) is 4. The van der Waals surface area contributed by atoms with E-state index in [0.29, 0.717) is 23.0 Å². The van der Waals surface area contributed by atoms with Crippen molar-refractivity contribution in [2.75, 3.05) is 26.2 Å². The van der Waals surface area contributed by atoms with E-state index in [2.05, 4.69) is 15.3 Å². The first-order valence-corrected chi connectivity index (χ1v) is 9.10. The zero-order valence-electron chi connectivity index (χ0n) is 15.0. The molecule has 6 heteroatoms. The van der Waals surface area contributed by atoms with Crippen molar-refractivity contribution in [1.82, 2.24) is 20.0 Å². The minimum atomic E-state index is -0.216. The van der Waals surface area contributed by atoms with E-state index in [4.69, 9.17) is 0 Å². The molecule has 1 aliphatic rings. The Balaban J connectivity index is 1.76. The summed E-state index contributed by atoms with van der Waals surface area (Å²) in [6, 6.07) is 7.08. The van der Waals surface area contributed by atoms with Crippen LogP contribution in [0.4, 0.5) is 0 Å². The maximum Gasteiger partial charge on any atom is 0.274 e. The second-order valence-corrected chi connectivity index (χ2v) is 6.90. The SMILES string of the molecule is CC(C)n1nc(C(=O)NCCCN2CCCC2)c2ccccc2c1=O. The van der Waals surface area contributed by atoms with Crippen molar-refractivity contribution in [3.8, 4) is 0 Å². The van der Waals surface area contributed by atoms with Crippen LogP contribution in [-0.4, -0.2) is 46.8 Å². The molecular formula is C19H26N4O2. The molecule has 1 aromatic carbocycles. The average molecular weight is 342 g/mol. The van der Waals surface area contributed by atoms with Gasteiger partial charge in [-0.05, 0) is 58.8 Å². The van der Waals surface area contributed by atoms with Crippen LogP contribution in [0.5, 0.6) is 0 Å². The van der Waals surface area contributed by atoms with Crippen LogP contribution in [0.3, 0.4) is 0 Å². The van der Waals surface area contributed by atoms with Gasteiger partial charge in [0.1, 0.15) is 0 Å². The maximum atomic E-state index is 12.6. The van der Waals surface area contributed by atoms with Gasteiger partial charge in [0.15, 0.2) is 5.69 Å². The van der Waals surface area contributed by atoms with Crippen molar-refractivity contribution < 1.29 is 4.79 Å². The summed E-state index contributed by atoms with van der Waals surface area (Å²) >= 11 is 0. The van der Waals surface area contributed by atoms with Crippen molar-refractivity contribution in [3.63, 3.8) is 0 Å². The maximum absolute atomic E-state index is 12.6. The fourth-order valence-corrected chi connectivity index (χ4v) is 3.32. The Morgan fingerprint density at radius 3 is 2.56 bits per heavy atom. The van der Waals surface area contributed by atoms with Crippen molar-refractivity contribution >= 4 is 16.7 Å². The van der Waals surface area contributed by atoms with Crippen molar-refractivity contribution in [2.24, 2.45) is 0 Å². The van der Waals surface area contributed by atoms with E-state index >= 15 is 0 Å². The number of hydrogen-bond donors (Lipinski definition) is 1. The zero-order valence-corrected chi connectivity index (χ0v) is 15.0. The normalized spacial score (nSPS) is 15.2. The van der Waals surface area contributed by atoms with E-state index in [1.54, 1.807) is 12.1 Å². The second kappa shape index (κ2) is 7.78. The first kappa shape index (κ1) is 17.6. The summed E-state index contributed by atoms with van der Waals surface area (Å²) in [4.78, 5) is 27.6. The van der Waals surface area contributed by atoms with Gasteiger partial charge in [-0.15, -0.1) is 0 Å². The number of rotatable bonds is 6. The third kappa shape index (κ3) is 3.90. The Bertz CT molecular complexity index is 807. The summed E-state index contributed by atoms with van der Waals surface area (Å²) in [5, 5.41) is 8.44. The Labute approximate surface area is 147 Å². The third-order valence-electron chi connectivity index (χ3n) is 4.67. The Kier molecular flexibility index (Phi) is 5.48. The molecule has 3 rings (SSSR count). The molecule has 0 spiro atoms. The lowest BCUT2D eigenvalue weighted by Gasteiger charge is -2.15. The summed E-state index contributed by atoms with van der Waals surface area (Å²) in [5.41, 5.74) is 0.168. The summed E-state index contributed by atoms with van der Waals surface area (Å²) in [7, 11) is 0. The molecule has 0 unspecified atom stereocenters. The number of carbonyl (C=O) groups excluding carboxylic acids is 1. The van der Waals surface area contributed by atoms with Gasteiger partial charge in [0, 0.05) is 11.9 Å². The molecule has 0 aliphatic carbocycles. The van der Waals surface area contributed by atoms with Crippen LogP contribution >= 0.6 is 0 Å². The summed E-state index contributed by atoms with van der Waals surface area (Å²) < 4.78 is 1.39. The summed E-state index contributed by atoms with van der Waals surface area (Å²) in [6.07, 6.45) is 3.48. The standard InChI is InChI=1S/C19H26N4O2/c1-14(2)23-19(25)16-9-4-3-8-15(16)17(21-23)18(24)20-10-7-13-22-11-5-6-12-22/h3-4,8-9,14H,5-7,10-13H2,1-2H3,(H,20,24). The number of fused-ring (bicyclic) bond motifs is 1. The van der Waals surface area contributed by atoms with Gasteiger partial charge in [-0.1, -0.05) is 18.2 Å². The van der Waals surface area contributed by atoms with Crippen LogP contribution in [-0.2, 0) is 0 Å². The van der Waals surface area contributed by atoms with Crippen LogP contribution < -0.4 is 10.9 Å². The first-order chi connectivity index (χ1) is 12.1. The van der Waals surface area contributed by atoms with E-state index in [1.165, 1.54) is 30.6 Å². The second-order valence-electron chi connectivity index (χ2n) is 6.90. The lowest BCUT2D eigenvalue weighted by atomic mass is 10.1. The molecule has 0 radical (unpaired) electrons. The van der Waals surface area contributed by atoms with Gasteiger partial charge in [-0.3, -0.25) is 9.59 Å². The van der Waals surface area contributed by atoms with Crippen molar-refractivity contribution in [2.45, 2.75) is 39.2 Å². The monoisotopic (exact) mass is 342 g/mol. The molecule has 2 heterocycles. The summed E-state index contributed by atoms with van der Waals surface area (Å²) in [6.45, 7) is 7.74. The molecule has 1 fully saturated rings. The highest BCUT2D eigenvalue weighted by atomic mass is 16.2. The van der Waals surface area contributed by atoms with E-state index in [-0.39, 0.29) is 17.5 Å². The molecule has 1 saturated heterocycles. The Hall–Kier alpha value is -2.21. The fourth-order valence-electron chi connectivity index (χ4n) is 3.32. The van der Waals surface area contributed by atoms with Gasteiger partial charge in [-0.25, -0.2) is 4.68 Å². The quantitative estimate of drug-likeness (QED) is 0.817. The number of aromatic nitrogens is 2. The van der Waals surface area contributed by atoms with Crippen LogP contribution in [0, 0.1) is 0 Å². The molecule has 134 valence electrons. The van der Waals surface area contributed by atoms with Crippen molar-refractivity contribution in [3.05, 3.63) is 40.3 Å². The highest BCUT2D eigenvalue weighted by Gasteiger charge is 2.17. The summed E-state index contributed by atoms with van der Waals surface area (Å²) in [5.74, 6) is -0.216. The zero-order chi connectivity index (χ0) is 17.8. The highest BCUT2D eigenvalue weighted by Crippen LogP contribution is 2.14. The first-order valence-electron chi connectivity index (χ1n) is 9.10. The molecule has 0 bridgehead atoms. The van der Waals surface area contributed by atoms with Gasteiger partial charge < -0.3 is 10.2 Å². The van der Waals surface area contributed by atoms with E-state index in [1.807, 2.05) is 26.0 Å². The largest absolute Gasteiger partial charge is 0.351 e. The number of amides is 1. The molecule has 1 N–H and O–H groups in total. The van der Waals surface area contributed by atoms with E-state index in [9.17, 15) is 9.59 Å². The molecule has 6 nitrogen and oxygen atoms in total. The van der Waals surface area contributed by atoms with Crippen LogP contribution in [0.1, 0.15) is 49.6 Å². The minimum absolute atomic E-state index is 0.0983. The lowest BCUT2D eigenvalue weighted by Crippen LogP contribution is -2.33. The molecule has 1 aromatic heterocycles. The predicted molar refractivity (Wildman–Crippen MR) is 99.0 cm³/mol. The Morgan fingerprint density at radius 2 is 1.88 bits per heavy atom. The van der Waals surface area contributed by atoms with Gasteiger partial charge in [-0.2, -0.15) is 5.10 Å². The van der Waals surface area contributed by atoms with Crippen molar-refractivity contribution in [1.29, 1.82) is 0 Å². The van der Waals surface area contributed by atoms with Gasteiger partial charge in [0.2, 0.25) is 0 Å². The molecule has 1 aliphatic heterocycles. The molecule has 0 atom stereocenters. The van der Waals surface area contributed by atoms with Crippen LogP contribution in [0.15, 0.2) is 29.1 Å². The highest BCUT2D eigenvalue weighted by molar-refractivity contribution is 6.04. The molecule has 25 heavy (non-hydrogen) atoms. The van der Waals surface area contributed by atoms with Gasteiger partial charge in [0.05, 0.1) is 11.4 Å². The number of nitrogens with one attached hydrogen (secondary N) is 1. The van der Waals surface area contributed by atoms with E-state index in [0.717, 1.165) is 13.0 Å². The van der Waals surface area contributed by atoms with Crippen LogP contribution in [0.2, 0.25) is 0 Å². The van der Waals surface area contributed by atoms with Crippen LogP contribution in [0.25, 0.3) is 10.8 Å². The smallest absolute Gasteiger partial charge is 0.274 e. The predicted octanol–water partition coefficient (Wildman–Crippen LogP) is 2.19. The minimum Gasteiger partial charge on any atom is -0.351 e. The lowest BCUT2D eigenvalue weighted by molar-refractivity contribution is 0.0946. The number of benzene rings is 1. The van der Waals surface area contributed by atoms with E-state index < -0.39 is 0 Å². The molecule has 2 aromatic rings. The fraction of sp³-hybridized carbons (Fsp3) is 0.526. The van der Waals surface area contributed by atoms with Gasteiger partial charge >= 0.3 is 0 Å².